The number of halogens is 1. The van der Waals surface area contributed by atoms with Crippen molar-refractivity contribution in [3.63, 3.8) is 0 Å². The molecule has 0 aliphatic rings. The molecule has 0 aromatic heterocycles. The second-order valence-corrected chi connectivity index (χ2v) is 6.72. The molecule has 0 fully saturated rings. The fraction of sp³-hybridized carbons (Fsp3) is 0.167. The zero-order valence-corrected chi connectivity index (χ0v) is 14.7. The van der Waals surface area contributed by atoms with E-state index in [9.17, 15) is 23.9 Å². The highest BCUT2D eigenvalue weighted by Gasteiger charge is 2.17. The fourth-order valence-electron chi connectivity index (χ4n) is 1.97. The second-order valence-electron chi connectivity index (χ2n) is 5.39. The lowest BCUT2D eigenvalue weighted by Crippen LogP contribution is -2.25. The molecule has 136 valence electrons. The van der Waals surface area contributed by atoms with E-state index in [-0.39, 0.29) is 23.1 Å². The minimum absolute atomic E-state index is 0.0202. The van der Waals surface area contributed by atoms with Gasteiger partial charge in [-0.05, 0) is 49.4 Å². The number of hydrogen-bond donors (Lipinski definition) is 3. The Bertz CT molecular complexity index is 811. The molecule has 6 nitrogen and oxygen atoms in total. The van der Waals surface area contributed by atoms with Crippen molar-refractivity contribution in [2.24, 2.45) is 0 Å². The molecule has 0 radical (unpaired) electrons. The topological polar surface area (TPSA) is 95.5 Å². The third-order valence-corrected chi connectivity index (χ3v) is 4.52. The lowest BCUT2D eigenvalue weighted by atomic mass is 10.2. The van der Waals surface area contributed by atoms with Crippen LogP contribution in [0.5, 0.6) is 5.75 Å². The monoisotopic (exact) mass is 376 g/mol. The maximum Gasteiger partial charge on any atom is 0.237 e. The van der Waals surface area contributed by atoms with Gasteiger partial charge in [-0.2, -0.15) is 0 Å². The van der Waals surface area contributed by atoms with Crippen LogP contribution in [0.2, 0.25) is 0 Å². The molecular weight excluding hydrogens is 359 g/mol. The van der Waals surface area contributed by atoms with Crippen LogP contribution in [0.4, 0.5) is 15.8 Å². The number of benzene rings is 2. The van der Waals surface area contributed by atoms with Crippen molar-refractivity contribution in [2.75, 3.05) is 16.4 Å². The van der Waals surface area contributed by atoms with Gasteiger partial charge >= 0.3 is 0 Å². The normalized spacial score (nSPS) is 11.5. The average Bonchev–Trinajstić information content (AvgIpc) is 2.63. The number of carbonyl (C=O) groups is 3. The Labute approximate surface area is 153 Å². The summed E-state index contributed by atoms with van der Waals surface area (Å²) in [6, 6.07) is 9.45. The average molecular weight is 376 g/mol. The van der Waals surface area contributed by atoms with Gasteiger partial charge in [0.15, 0.2) is 0 Å². The molecule has 0 spiro atoms. The highest BCUT2D eigenvalue weighted by molar-refractivity contribution is 8.01. The Kier molecular flexibility index (Phi) is 6.74. The largest absolute Gasteiger partial charge is 0.506 e. The summed E-state index contributed by atoms with van der Waals surface area (Å²) < 4.78 is 12.8. The zero-order valence-electron chi connectivity index (χ0n) is 13.9. The van der Waals surface area contributed by atoms with E-state index in [0.29, 0.717) is 17.5 Å². The number of rotatable bonds is 7. The van der Waals surface area contributed by atoms with Crippen molar-refractivity contribution in [2.45, 2.75) is 12.2 Å². The first kappa shape index (κ1) is 19.5. The molecule has 8 heteroatoms. The van der Waals surface area contributed by atoms with E-state index < -0.39 is 17.0 Å². The van der Waals surface area contributed by atoms with Crippen LogP contribution in [-0.4, -0.2) is 34.2 Å². The van der Waals surface area contributed by atoms with E-state index in [2.05, 4.69) is 10.6 Å². The van der Waals surface area contributed by atoms with Crippen molar-refractivity contribution in [3.05, 3.63) is 53.8 Å². The molecular formula is C18H17FN2O4S. The summed E-state index contributed by atoms with van der Waals surface area (Å²) in [5.74, 6) is -1.28. The number of carbonyl (C=O) groups excluding carboxylic acids is 3. The van der Waals surface area contributed by atoms with Crippen LogP contribution in [0.3, 0.4) is 0 Å². The van der Waals surface area contributed by atoms with Gasteiger partial charge in [-0.3, -0.25) is 14.4 Å². The molecule has 26 heavy (non-hydrogen) atoms. The highest BCUT2D eigenvalue weighted by atomic mass is 32.2. The van der Waals surface area contributed by atoms with Gasteiger partial charge in [0.05, 0.1) is 16.7 Å². The Morgan fingerprint density at radius 3 is 2.54 bits per heavy atom. The van der Waals surface area contributed by atoms with Crippen molar-refractivity contribution in [1.29, 1.82) is 0 Å². The van der Waals surface area contributed by atoms with Crippen molar-refractivity contribution in [3.8, 4) is 5.75 Å². The summed E-state index contributed by atoms with van der Waals surface area (Å²) in [6.45, 7) is 1.62. The summed E-state index contributed by atoms with van der Waals surface area (Å²) in [4.78, 5) is 34.8. The molecule has 0 bridgehead atoms. The van der Waals surface area contributed by atoms with Crippen molar-refractivity contribution < 1.29 is 23.9 Å². The molecule has 2 aromatic carbocycles. The van der Waals surface area contributed by atoms with Crippen LogP contribution in [0.1, 0.15) is 17.3 Å². The van der Waals surface area contributed by atoms with Gasteiger partial charge in [-0.1, -0.05) is 0 Å². The molecule has 0 saturated heterocycles. The molecule has 0 heterocycles. The number of aromatic hydroxyl groups is 1. The van der Waals surface area contributed by atoms with E-state index in [4.69, 9.17) is 0 Å². The zero-order chi connectivity index (χ0) is 19.1. The van der Waals surface area contributed by atoms with E-state index >= 15 is 0 Å². The highest BCUT2D eigenvalue weighted by Crippen LogP contribution is 2.25. The molecule has 2 amide bonds. The summed E-state index contributed by atoms with van der Waals surface area (Å²) in [6.07, 6.45) is 0.604. The number of hydrogen-bond acceptors (Lipinski definition) is 5. The quantitative estimate of drug-likeness (QED) is 0.510. The molecule has 1 atom stereocenters. The van der Waals surface area contributed by atoms with E-state index in [1.165, 1.54) is 42.5 Å². The third-order valence-electron chi connectivity index (χ3n) is 3.38. The minimum Gasteiger partial charge on any atom is -0.506 e. The molecule has 0 aliphatic heterocycles. The maximum absolute atomic E-state index is 12.8. The number of amides is 2. The Hall–Kier alpha value is -2.87. The van der Waals surface area contributed by atoms with Crippen LogP contribution >= 0.6 is 11.8 Å². The Balaban J connectivity index is 1.86. The minimum atomic E-state index is -0.576. The number of phenols is 1. The summed E-state index contributed by atoms with van der Waals surface area (Å²) >= 11 is 1.10. The molecule has 3 N–H and O–H groups in total. The van der Waals surface area contributed by atoms with Crippen molar-refractivity contribution in [1.82, 2.24) is 0 Å². The SMILES string of the molecule is CC(SCC(=O)Nc1ccc(F)cc1)C(=O)Nc1cc(C=O)ccc1O. The number of thioether (sulfide) groups is 1. The smallest absolute Gasteiger partial charge is 0.237 e. The third kappa shape index (κ3) is 5.59. The number of aldehydes is 1. The lowest BCUT2D eigenvalue weighted by Gasteiger charge is -2.13. The molecule has 1 unspecified atom stereocenters. The van der Waals surface area contributed by atoms with Gasteiger partial charge in [0.2, 0.25) is 11.8 Å². The maximum atomic E-state index is 12.8. The summed E-state index contributed by atoms with van der Waals surface area (Å²) in [7, 11) is 0. The predicted octanol–water partition coefficient (Wildman–Crippen LogP) is 3.04. The fourth-order valence-corrected chi connectivity index (χ4v) is 2.65. The van der Waals surface area contributed by atoms with Gasteiger partial charge < -0.3 is 15.7 Å². The standard InChI is InChI=1S/C18H17FN2O4S/c1-11(18(25)21-15-8-12(9-22)2-7-16(15)23)26-10-17(24)20-14-5-3-13(19)4-6-14/h2-9,11,23H,10H2,1H3,(H,20,24)(H,21,25). The van der Waals surface area contributed by atoms with Gasteiger partial charge in [-0.25, -0.2) is 4.39 Å². The molecule has 2 rings (SSSR count). The first-order valence-electron chi connectivity index (χ1n) is 7.65. The van der Waals surface area contributed by atoms with Crippen LogP contribution in [0.15, 0.2) is 42.5 Å². The van der Waals surface area contributed by atoms with Gasteiger partial charge in [-0.15, -0.1) is 11.8 Å². The number of phenolic OH excluding ortho intramolecular Hbond substituents is 1. The van der Waals surface area contributed by atoms with Crippen LogP contribution in [-0.2, 0) is 9.59 Å². The lowest BCUT2D eigenvalue weighted by molar-refractivity contribution is -0.115. The molecule has 2 aromatic rings. The second kappa shape index (κ2) is 9.00. The van der Waals surface area contributed by atoms with Gasteiger partial charge in [0, 0.05) is 11.3 Å². The van der Waals surface area contributed by atoms with E-state index in [1.807, 2.05) is 0 Å². The van der Waals surface area contributed by atoms with Crippen molar-refractivity contribution >= 4 is 41.2 Å². The number of nitrogens with one attached hydrogen (secondary N) is 2. The Morgan fingerprint density at radius 2 is 1.88 bits per heavy atom. The molecule has 0 aliphatic carbocycles. The summed E-state index contributed by atoms with van der Waals surface area (Å²) in [5, 5.41) is 14.3. The summed E-state index contributed by atoms with van der Waals surface area (Å²) in [5.41, 5.74) is 0.907. The Morgan fingerprint density at radius 1 is 1.19 bits per heavy atom. The molecule has 0 saturated carbocycles. The van der Waals surface area contributed by atoms with Crippen LogP contribution in [0, 0.1) is 5.82 Å². The number of anilines is 2. The van der Waals surface area contributed by atoms with Gasteiger partial charge in [0.25, 0.3) is 0 Å². The van der Waals surface area contributed by atoms with Crippen LogP contribution in [0.25, 0.3) is 0 Å². The first-order chi connectivity index (χ1) is 12.4. The van der Waals surface area contributed by atoms with E-state index in [0.717, 1.165) is 11.8 Å². The van der Waals surface area contributed by atoms with Crippen LogP contribution < -0.4 is 10.6 Å². The van der Waals surface area contributed by atoms with E-state index in [1.54, 1.807) is 6.92 Å². The first-order valence-corrected chi connectivity index (χ1v) is 8.70. The van der Waals surface area contributed by atoms with Gasteiger partial charge in [0.1, 0.15) is 17.9 Å². The predicted molar refractivity (Wildman–Crippen MR) is 99.1 cm³/mol.